The maximum Gasteiger partial charge on any atom is 0.326 e. The average molecular weight is 483 g/mol. The number of amides is 3. The summed E-state index contributed by atoms with van der Waals surface area (Å²) in [5.74, 6) is -5.57. The molecule has 0 heterocycles. The Morgan fingerprint density at radius 1 is 0.857 bits per heavy atom. The van der Waals surface area contributed by atoms with E-state index in [0.717, 1.165) is 0 Å². The molecule has 0 radical (unpaired) electrons. The number of nitrogens with one attached hydrogen (secondary N) is 4. The zero-order chi connectivity index (χ0) is 26.0. The first-order chi connectivity index (χ1) is 16.5. The molecule has 2 aromatic carbocycles. The number of hydrogen-bond donors (Lipinski definition) is 7. The van der Waals surface area contributed by atoms with Crippen molar-refractivity contribution in [2.45, 2.75) is 31.3 Å². The first-order valence-corrected chi connectivity index (χ1v) is 10.4. The van der Waals surface area contributed by atoms with E-state index in [1.807, 2.05) is 0 Å². The second-order valence-corrected chi connectivity index (χ2v) is 7.52. The normalized spacial score (nSPS) is 12.0. The van der Waals surface area contributed by atoms with Crippen LogP contribution in [0.4, 0.5) is 5.69 Å². The summed E-state index contributed by atoms with van der Waals surface area (Å²) < 4.78 is 0. The van der Waals surface area contributed by atoms with Gasteiger partial charge in [-0.05, 0) is 29.8 Å². The zero-order valence-corrected chi connectivity index (χ0v) is 18.5. The number of carbonyl (C=O) groups is 5. The Bertz CT molecular complexity index is 1100. The van der Waals surface area contributed by atoms with E-state index in [9.17, 15) is 29.1 Å². The molecular formula is C23H25N5O7. The highest BCUT2D eigenvalue weighted by molar-refractivity contribution is 6.05. The maximum atomic E-state index is 12.6. The van der Waals surface area contributed by atoms with Gasteiger partial charge in [-0.25, -0.2) is 4.79 Å². The van der Waals surface area contributed by atoms with Gasteiger partial charge in [-0.1, -0.05) is 30.3 Å². The topological polar surface area (TPSA) is 212 Å². The van der Waals surface area contributed by atoms with Crippen molar-refractivity contribution in [1.82, 2.24) is 10.6 Å². The van der Waals surface area contributed by atoms with Crippen molar-refractivity contribution in [1.29, 1.82) is 5.41 Å². The van der Waals surface area contributed by atoms with Crippen molar-refractivity contribution >= 4 is 41.2 Å². The van der Waals surface area contributed by atoms with Crippen LogP contribution in [0, 0.1) is 5.41 Å². The first kappa shape index (κ1) is 26.5. The predicted molar refractivity (Wildman–Crippen MR) is 125 cm³/mol. The summed E-state index contributed by atoms with van der Waals surface area (Å²) in [6.07, 6.45) is -1.59. The van der Waals surface area contributed by atoms with Crippen LogP contribution >= 0.6 is 0 Å². The molecule has 0 saturated carbocycles. The van der Waals surface area contributed by atoms with E-state index in [1.165, 1.54) is 24.3 Å². The van der Waals surface area contributed by atoms with Gasteiger partial charge in [0.25, 0.3) is 0 Å². The number of carboxylic acids is 2. The van der Waals surface area contributed by atoms with Crippen molar-refractivity contribution in [3.05, 3.63) is 65.7 Å². The lowest BCUT2D eigenvalue weighted by Gasteiger charge is -2.20. The first-order valence-electron chi connectivity index (χ1n) is 10.4. The molecule has 184 valence electrons. The molecular weight excluding hydrogens is 458 g/mol. The number of anilines is 1. The van der Waals surface area contributed by atoms with E-state index in [0.29, 0.717) is 16.8 Å². The Hall–Kier alpha value is -4.74. The predicted octanol–water partition coefficient (Wildman–Crippen LogP) is 0.0709. The number of aliphatic carboxylic acids is 2. The lowest BCUT2D eigenvalue weighted by molar-refractivity contribution is -0.143. The molecule has 8 N–H and O–H groups in total. The molecule has 0 aromatic heterocycles. The Labute approximate surface area is 200 Å². The molecule has 0 spiro atoms. The second kappa shape index (κ2) is 12.5. The second-order valence-electron chi connectivity index (χ2n) is 7.52. The molecule has 12 heteroatoms. The number of hydrogen-bond acceptors (Lipinski definition) is 6. The summed E-state index contributed by atoms with van der Waals surface area (Å²) in [4.78, 5) is 59.8. The zero-order valence-electron chi connectivity index (χ0n) is 18.5. The van der Waals surface area contributed by atoms with E-state index in [-0.39, 0.29) is 12.3 Å². The van der Waals surface area contributed by atoms with E-state index < -0.39 is 54.6 Å². The fraction of sp³-hybridized carbons (Fsp3) is 0.217. The molecule has 0 aliphatic heterocycles. The highest BCUT2D eigenvalue weighted by Gasteiger charge is 2.29. The van der Waals surface area contributed by atoms with Crippen LogP contribution in [0.15, 0.2) is 54.6 Å². The van der Waals surface area contributed by atoms with Gasteiger partial charge in [0.15, 0.2) is 0 Å². The molecule has 0 bridgehead atoms. The Kier molecular flexibility index (Phi) is 9.46. The summed E-state index contributed by atoms with van der Waals surface area (Å²) in [6.45, 7) is 0. The van der Waals surface area contributed by atoms with Crippen LogP contribution < -0.4 is 21.7 Å². The van der Waals surface area contributed by atoms with E-state index >= 15 is 0 Å². The molecule has 35 heavy (non-hydrogen) atoms. The highest BCUT2D eigenvalue weighted by atomic mass is 16.4. The molecule has 0 saturated heterocycles. The van der Waals surface area contributed by atoms with Crippen LogP contribution in [0.3, 0.4) is 0 Å². The van der Waals surface area contributed by atoms with Crippen molar-refractivity contribution in [3.8, 4) is 0 Å². The maximum absolute atomic E-state index is 12.6. The van der Waals surface area contributed by atoms with Crippen LogP contribution in [-0.2, 0) is 30.4 Å². The van der Waals surface area contributed by atoms with Gasteiger partial charge in [-0.15, -0.1) is 0 Å². The number of nitrogens with two attached hydrogens (primary N) is 1. The van der Waals surface area contributed by atoms with Gasteiger partial charge in [0, 0.05) is 17.7 Å². The van der Waals surface area contributed by atoms with Gasteiger partial charge in [-0.3, -0.25) is 24.6 Å². The summed E-state index contributed by atoms with van der Waals surface area (Å²) >= 11 is 0. The number of carbonyl (C=O) groups excluding carboxylic acids is 3. The third kappa shape index (κ3) is 8.96. The largest absolute Gasteiger partial charge is 0.481 e. The summed E-state index contributed by atoms with van der Waals surface area (Å²) in [7, 11) is 0. The van der Waals surface area contributed by atoms with E-state index in [4.69, 9.17) is 16.2 Å². The fourth-order valence-corrected chi connectivity index (χ4v) is 3.04. The molecule has 0 aliphatic rings. The quantitative estimate of drug-likeness (QED) is 0.124. The molecule has 0 unspecified atom stereocenters. The van der Waals surface area contributed by atoms with Gasteiger partial charge in [0.2, 0.25) is 17.7 Å². The van der Waals surface area contributed by atoms with Gasteiger partial charge in [0.05, 0.1) is 6.42 Å². The van der Waals surface area contributed by atoms with Gasteiger partial charge >= 0.3 is 11.9 Å². The minimum atomic E-state index is -1.60. The molecule has 0 aliphatic carbocycles. The standard InChI is InChI=1S/C23H25N5O7/c24-21(25)14-6-8-15(9-7-14)26-18(29)12-19(30)27-16(11-20(31)32)22(33)28-17(23(34)35)10-13-4-2-1-3-5-13/h1-9,16-17H,10-12H2,(H3,24,25)(H,26,29)(H,27,30)(H,28,33)(H,31,32)(H,34,35)/t16-,17-/m0/s1. The van der Waals surface area contributed by atoms with Crippen molar-refractivity contribution < 1.29 is 34.2 Å². The van der Waals surface area contributed by atoms with Crippen molar-refractivity contribution in [3.63, 3.8) is 0 Å². The monoisotopic (exact) mass is 483 g/mol. The lowest BCUT2D eigenvalue weighted by atomic mass is 10.1. The minimum Gasteiger partial charge on any atom is -0.481 e. The van der Waals surface area contributed by atoms with Crippen molar-refractivity contribution in [2.75, 3.05) is 5.32 Å². The number of benzene rings is 2. The molecule has 3 amide bonds. The number of carboxylic acid groups (broad SMARTS) is 2. The van der Waals surface area contributed by atoms with Crippen LogP contribution in [0.5, 0.6) is 0 Å². The number of rotatable bonds is 12. The van der Waals surface area contributed by atoms with Gasteiger partial charge in [0.1, 0.15) is 24.3 Å². The molecule has 2 aromatic rings. The third-order valence-corrected chi connectivity index (χ3v) is 4.73. The van der Waals surface area contributed by atoms with Gasteiger partial charge < -0.3 is 31.9 Å². The van der Waals surface area contributed by atoms with Crippen LogP contribution in [0.2, 0.25) is 0 Å². The molecule has 0 fully saturated rings. The van der Waals surface area contributed by atoms with E-state index in [1.54, 1.807) is 30.3 Å². The minimum absolute atomic E-state index is 0.0551. The van der Waals surface area contributed by atoms with Gasteiger partial charge in [-0.2, -0.15) is 0 Å². The van der Waals surface area contributed by atoms with Crippen LogP contribution in [0.25, 0.3) is 0 Å². The Balaban J connectivity index is 1.99. The fourth-order valence-electron chi connectivity index (χ4n) is 3.04. The molecule has 2 rings (SSSR count). The van der Waals surface area contributed by atoms with Crippen molar-refractivity contribution in [2.24, 2.45) is 5.73 Å². The van der Waals surface area contributed by atoms with Crippen LogP contribution in [0.1, 0.15) is 24.0 Å². The highest BCUT2D eigenvalue weighted by Crippen LogP contribution is 2.10. The molecule has 12 nitrogen and oxygen atoms in total. The number of nitrogen functional groups attached to an aromatic ring is 1. The summed E-state index contributed by atoms with van der Waals surface area (Å²) in [5.41, 5.74) is 6.76. The number of amidine groups is 1. The summed E-state index contributed by atoms with van der Waals surface area (Å²) in [6, 6.07) is 11.5. The smallest absolute Gasteiger partial charge is 0.326 e. The Morgan fingerprint density at radius 2 is 1.49 bits per heavy atom. The Morgan fingerprint density at radius 3 is 2.03 bits per heavy atom. The summed E-state index contributed by atoms with van der Waals surface area (Å²) in [5, 5.41) is 32.8. The molecule has 2 atom stereocenters. The lowest BCUT2D eigenvalue weighted by Crippen LogP contribution is -2.53. The van der Waals surface area contributed by atoms with E-state index in [2.05, 4.69) is 16.0 Å². The SMILES string of the molecule is N=C(N)c1ccc(NC(=O)CC(=O)N[C@@H](CC(=O)O)C(=O)N[C@@H](Cc2ccccc2)C(=O)O)cc1. The third-order valence-electron chi connectivity index (χ3n) is 4.73. The average Bonchev–Trinajstić information content (AvgIpc) is 2.78. The van der Waals surface area contributed by atoms with Crippen LogP contribution in [-0.4, -0.2) is 57.8 Å².